The second-order valence-electron chi connectivity index (χ2n) is 8.07. The van der Waals surface area contributed by atoms with Crippen LogP contribution in [0.25, 0.3) is 23.0 Å². The van der Waals surface area contributed by atoms with Crippen molar-refractivity contribution in [3.05, 3.63) is 101 Å². The van der Waals surface area contributed by atoms with Crippen LogP contribution in [-0.2, 0) is 4.79 Å². The highest BCUT2D eigenvalue weighted by Crippen LogP contribution is 2.38. The Bertz CT molecular complexity index is 1510. The SMILES string of the molecule is COc1ccc(-c2nn(-c3ccccc3)cc2/C=C2\SC(=S)N(c3cccc(C(C)=O)c3)C2=O)cc1. The van der Waals surface area contributed by atoms with Gasteiger partial charge in [-0.1, -0.05) is 54.3 Å². The zero-order valence-corrected chi connectivity index (χ0v) is 21.2. The van der Waals surface area contributed by atoms with Gasteiger partial charge in [-0.2, -0.15) is 5.10 Å². The minimum atomic E-state index is -0.237. The van der Waals surface area contributed by atoms with Crippen LogP contribution in [0.3, 0.4) is 0 Å². The average Bonchev–Trinajstić information content (AvgIpc) is 3.45. The summed E-state index contributed by atoms with van der Waals surface area (Å²) in [4.78, 5) is 27.2. The van der Waals surface area contributed by atoms with Crippen molar-refractivity contribution in [1.29, 1.82) is 0 Å². The van der Waals surface area contributed by atoms with Crippen molar-refractivity contribution in [2.75, 3.05) is 12.0 Å². The molecule has 0 N–H and O–H groups in total. The highest BCUT2D eigenvalue weighted by Gasteiger charge is 2.34. The smallest absolute Gasteiger partial charge is 0.270 e. The van der Waals surface area contributed by atoms with Crippen LogP contribution in [0, 0.1) is 0 Å². The van der Waals surface area contributed by atoms with E-state index in [2.05, 4.69) is 0 Å². The van der Waals surface area contributed by atoms with Crippen LogP contribution in [0.2, 0.25) is 0 Å². The van der Waals surface area contributed by atoms with Crippen LogP contribution in [-0.4, -0.2) is 32.9 Å². The Morgan fingerprint density at radius 3 is 2.42 bits per heavy atom. The van der Waals surface area contributed by atoms with Gasteiger partial charge in [-0.05, 0) is 61.5 Å². The van der Waals surface area contributed by atoms with Crippen LogP contribution in [0.15, 0.2) is 90.0 Å². The molecule has 8 heteroatoms. The third-order valence-electron chi connectivity index (χ3n) is 5.72. The molecule has 1 aliphatic heterocycles. The molecular weight excluding hydrogens is 490 g/mol. The van der Waals surface area contributed by atoms with Crippen LogP contribution < -0.4 is 9.64 Å². The summed E-state index contributed by atoms with van der Waals surface area (Å²) in [5.74, 6) is 0.436. The Morgan fingerprint density at radius 1 is 1.00 bits per heavy atom. The van der Waals surface area contributed by atoms with Gasteiger partial charge in [0.15, 0.2) is 10.1 Å². The second-order valence-corrected chi connectivity index (χ2v) is 9.74. The highest BCUT2D eigenvalue weighted by molar-refractivity contribution is 8.27. The quantitative estimate of drug-likeness (QED) is 0.176. The number of aromatic nitrogens is 2. The lowest BCUT2D eigenvalue weighted by Gasteiger charge is -2.15. The largest absolute Gasteiger partial charge is 0.497 e. The van der Waals surface area contributed by atoms with Crippen molar-refractivity contribution in [2.45, 2.75) is 6.92 Å². The van der Waals surface area contributed by atoms with Crippen molar-refractivity contribution < 1.29 is 14.3 Å². The molecule has 0 radical (unpaired) electrons. The van der Waals surface area contributed by atoms with E-state index in [9.17, 15) is 9.59 Å². The molecule has 0 atom stereocenters. The van der Waals surface area contributed by atoms with E-state index in [1.54, 1.807) is 36.1 Å². The van der Waals surface area contributed by atoms with Crippen LogP contribution in [0.5, 0.6) is 5.75 Å². The van der Waals surface area contributed by atoms with Crippen molar-refractivity contribution in [2.24, 2.45) is 0 Å². The maximum Gasteiger partial charge on any atom is 0.270 e. The van der Waals surface area contributed by atoms with Gasteiger partial charge in [-0.25, -0.2) is 4.68 Å². The molecule has 2 heterocycles. The fraction of sp³-hybridized carbons (Fsp3) is 0.0714. The van der Waals surface area contributed by atoms with Crippen LogP contribution in [0.4, 0.5) is 5.69 Å². The van der Waals surface area contributed by atoms with Crippen molar-refractivity contribution in [3.63, 3.8) is 0 Å². The van der Waals surface area contributed by atoms with E-state index in [0.717, 1.165) is 28.3 Å². The van der Waals surface area contributed by atoms with Gasteiger partial charge in [0.2, 0.25) is 0 Å². The van der Waals surface area contributed by atoms with Gasteiger partial charge in [0.05, 0.1) is 29.1 Å². The number of thiocarbonyl (C=S) groups is 1. The fourth-order valence-corrected chi connectivity index (χ4v) is 5.16. The molecule has 1 aliphatic rings. The number of hydrogen-bond donors (Lipinski definition) is 0. The number of rotatable bonds is 6. The first-order chi connectivity index (χ1) is 17.4. The number of ether oxygens (including phenoxy) is 1. The predicted octanol–water partition coefficient (Wildman–Crippen LogP) is 6.16. The molecule has 36 heavy (non-hydrogen) atoms. The van der Waals surface area contributed by atoms with Gasteiger partial charge in [-0.15, -0.1) is 0 Å². The number of carbonyl (C=O) groups excluding carboxylic acids is 2. The van der Waals surface area contributed by atoms with Crippen LogP contribution >= 0.6 is 24.0 Å². The lowest BCUT2D eigenvalue weighted by atomic mass is 10.1. The Kier molecular flexibility index (Phi) is 6.54. The molecule has 1 saturated heterocycles. The summed E-state index contributed by atoms with van der Waals surface area (Å²) < 4.78 is 7.50. The lowest BCUT2D eigenvalue weighted by Crippen LogP contribution is -2.27. The molecule has 1 fully saturated rings. The molecule has 1 amide bonds. The summed E-state index contributed by atoms with van der Waals surface area (Å²) in [7, 11) is 1.62. The number of amides is 1. The van der Waals surface area contributed by atoms with Gasteiger partial charge in [0, 0.05) is 22.9 Å². The third kappa shape index (κ3) is 4.60. The first kappa shape index (κ1) is 23.7. The van der Waals surface area contributed by atoms with E-state index < -0.39 is 0 Å². The Labute approximate surface area is 218 Å². The Balaban J connectivity index is 1.56. The molecule has 1 aromatic heterocycles. The van der Waals surface area contributed by atoms with Gasteiger partial charge in [0.25, 0.3) is 5.91 Å². The number of thioether (sulfide) groups is 1. The average molecular weight is 512 g/mol. The lowest BCUT2D eigenvalue weighted by molar-refractivity contribution is -0.113. The summed E-state index contributed by atoms with van der Waals surface area (Å²) in [5.41, 5.74) is 4.40. The Morgan fingerprint density at radius 2 is 1.72 bits per heavy atom. The van der Waals surface area contributed by atoms with Crippen molar-refractivity contribution in [1.82, 2.24) is 9.78 Å². The summed E-state index contributed by atoms with van der Waals surface area (Å²) in [6.45, 7) is 1.49. The summed E-state index contributed by atoms with van der Waals surface area (Å²) in [5, 5.41) is 4.83. The number of carbonyl (C=O) groups is 2. The number of benzene rings is 3. The maximum atomic E-state index is 13.4. The molecule has 0 unspecified atom stereocenters. The van der Waals surface area contributed by atoms with E-state index in [1.165, 1.54) is 23.6 Å². The first-order valence-electron chi connectivity index (χ1n) is 11.1. The topological polar surface area (TPSA) is 64.4 Å². The van der Waals surface area contributed by atoms with E-state index in [1.807, 2.05) is 66.9 Å². The molecule has 0 aliphatic carbocycles. The minimum absolute atomic E-state index is 0.0738. The zero-order chi connectivity index (χ0) is 25.2. The molecule has 5 rings (SSSR count). The molecule has 4 aromatic rings. The number of hydrogen-bond acceptors (Lipinski definition) is 6. The number of Topliss-reactive ketones (excluding diaryl/α,β-unsaturated/α-hetero) is 1. The van der Waals surface area contributed by atoms with Crippen LogP contribution in [0.1, 0.15) is 22.8 Å². The van der Waals surface area contributed by atoms with Gasteiger partial charge >= 0.3 is 0 Å². The number of para-hydroxylation sites is 1. The molecule has 0 spiro atoms. The van der Waals surface area contributed by atoms with E-state index in [0.29, 0.717) is 20.5 Å². The highest BCUT2D eigenvalue weighted by atomic mass is 32.2. The maximum absolute atomic E-state index is 13.4. The molecular formula is C28H21N3O3S2. The molecule has 6 nitrogen and oxygen atoms in total. The second kappa shape index (κ2) is 9.93. The first-order valence-corrected chi connectivity index (χ1v) is 12.4. The summed E-state index contributed by atoms with van der Waals surface area (Å²) in [6.07, 6.45) is 3.72. The number of anilines is 1. The normalized spacial score (nSPS) is 14.5. The number of nitrogens with zero attached hydrogens (tertiary/aromatic N) is 3. The van der Waals surface area contributed by atoms with Gasteiger partial charge in [0.1, 0.15) is 5.75 Å². The Hall–Kier alpha value is -4.01. The number of methoxy groups -OCH3 is 1. The number of ketones is 1. The van der Waals surface area contributed by atoms with Gasteiger partial charge < -0.3 is 4.74 Å². The van der Waals surface area contributed by atoms with E-state index in [4.69, 9.17) is 22.1 Å². The van der Waals surface area contributed by atoms with Gasteiger partial charge in [-0.3, -0.25) is 14.5 Å². The zero-order valence-electron chi connectivity index (χ0n) is 19.5. The molecule has 178 valence electrons. The summed E-state index contributed by atoms with van der Waals surface area (Å²) >= 11 is 6.77. The van der Waals surface area contributed by atoms with E-state index in [-0.39, 0.29) is 11.7 Å². The minimum Gasteiger partial charge on any atom is -0.497 e. The standard InChI is InChI=1S/C28H21N3O3S2/c1-18(32)20-7-6-10-23(15-20)31-27(33)25(36-28(31)35)16-21-17-30(22-8-4-3-5-9-22)29-26(21)19-11-13-24(34-2)14-12-19/h3-17H,1-2H3/b25-16-. The predicted molar refractivity (Wildman–Crippen MR) is 148 cm³/mol. The summed E-state index contributed by atoms with van der Waals surface area (Å²) in [6, 6.07) is 24.3. The van der Waals surface area contributed by atoms with Crippen molar-refractivity contribution in [3.8, 4) is 22.7 Å². The molecule has 0 saturated carbocycles. The fourth-order valence-electron chi connectivity index (χ4n) is 3.87. The third-order valence-corrected chi connectivity index (χ3v) is 7.02. The van der Waals surface area contributed by atoms with Crippen molar-refractivity contribution >= 4 is 51.8 Å². The monoisotopic (exact) mass is 511 g/mol. The molecule has 0 bridgehead atoms. The van der Waals surface area contributed by atoms with E-state index >= 15 is 0 Å². The molecule has 3 aromatic carbocycles.